The van der Waals surface area contributed by atoms with Gasteiger partial charge in [-0.2, -0.15) is 0 Å². The summed E-state index contributed by atoms with van der Waals surface area (Å²) in [5.74, 6) is -4.96. The van der Waals surface area contributed by atoms with Crippen LogP contribution in [0.15, 0.2) is 50.8 Å². The molecular formula is C66H99N3O12. The predicted octanol–water partition coefficient (Wildman–Crippen LogP) is 13.4. The second-order valence-corrected chi connectivity index (χ2v) is 30.2. The zero-order valence-electron chi connectivity index (χ0n) is 53.5. The maximum Gasteiger partial charge on any atom is 0.342 e. The lowest BCUT2D eigenvalue weighted by atomic mass is 9.81. The Labute approximate surface area is 482 Å². The molecule has 0 amide bonds. The van der Waals surface area contributed by atoms with Gasteiger partial charge in [0.15, 0.2) is 18.7 Å². The van der Waals surface area contributed by atoms with Crippen molar-refractivity contribution >= 4 is 17.9 Å². The maximum absolute atomic E-state index is 14.8. The number of phenols is 3. The SMILES string of the molecule is CC(C(=O)OC(C)n1c(=O)n(C(C)OC(=O)C(C)c2cc(CC(C)(C)C)c(O)c(CC(C)(C)C)c2)c(=O)n(C(C)OC(=O)C(C)c2cc(CC(C)(C)C)c(O)c(CC(C)(C)C)c2)c1=O)c1cc(CC(C)(C)C)c(O)c(CC(C)(C)C)c1. The molecular weight excluding hydrogens is 1030 g/mol. The number of ether oxygens (including phenoxy) is 3. The van der Waals surface area contributed by atoms with Crippen LogP contribution in [0.2, 0.25) is 0 Å². The molecule has 1 aromatic heterocycles. The molecule has 3 aromatic carbocycles. The predicted molar refractivity (Wildman–Crippen MR) is 320 cm³/mol. The minimum atomic E-state index is -1.68. The molecule has 3 N–H and O–H groups in total. The number of benzene rings is 3. The lowest BCUT2D eigenvalue weighted by Crippen LogP contribution is -2.57. The van der Waals surface area contributed by atoms with Crippen LogP contribution in [0.1, 0.15) is 253 Å². The molecule has 450 valence electrons. The zero-order chi connectivity index (χ0) is 62.2. The number of carbonyl (C=O) groups excluding carboxylic acids is 3. The summed E-state index contributed by atoms with van der Waals surface area (Å²) in [7, 11) is 0. The molecule has 6 atom stereocenters. The molecule has 0 bridgehead atoms. The molecule has 4 aromatic rings. The minimum absolute atomic E-state index is 0.151. The third-order valence-corrected chi connectivity index (χ3v) is 13.9. The molecule has 1 heterocycles. The number of aromatic nitrogens is 3. The molecule has 6 unspecified atom stereocenters. The van der Waals surface area contributed by atoms with Gasteiger partial charge in [0.05, 0.1) is 17.8 Å². The summed E-state index contributed by atoms with van der Waals surface area (Å²) in [6, 6.07) is 10.6. The highest BCUT2D eigenvalue weighted by molar-refractivity contribution is 5.79. The second kappa shape index (κ2) is 24.8. The molecule has 0 radical (unpaired) electrons. The van der Waals surface area contributed by atoms with Crippen molar-refractivity contribution in [2.24, 2.45) is 32.5 Å². The van der Waals surface area contributed by atoms with Crippen LogP contribution in [0.4, 0.5) is 0 Å². The molecule has 15 heteroatoms. The second-order valence-electron chi connectivity index (χ2n) is 30.2. The molecule has 0 fully saturated rings. The van der Waals surface area contributed by atoms with Gasteiger partial charge in [0, 0.05) is 0 Å². The number of nitrogens with zero attached hydrogens (tertiary/aromatic N) is 3. The molecule has 4 rings (SSSR count). The number of rotatable bonds is 18. The van der Waals surface area contributed by atoms with E-state index in [1.54, 1.807) is 57.2 Å². The van der Waals surface area contributed by atoms with Crippen molar-refractivity contribution in [2.45, 2.75) is 241 Å². The fourth-order valence-corrected chi connectivity index (χ4v) is 10.3. The van der Waals surface area contributed by atoms with Gasteiger partial charge >= 0.3 is 35.0 Å². The molecule has 0 aliphatic carbocycles. The van der Waals surface area contributed by atoms with Crippen LogP contribution in [0.5, 0.6) is 17.2 Å². The zero-order valence-corrected chi connectivity index (χ0v) is 53.5. The first kappa shape index (κ1) is 67.4. The van der Waals surface area contributed by atoms with E-state index in [9.17, 15) is 44.1 Å². The fourth-order valence-electron chi connectivity index (χ4n) is 10.3. The van der Waals surface area contributed by atoms with E-state index < -0.39 is 71.4 Å². The van der Waals surface area contributed by atoms with E-state index in [4.69, 9.17) is 14.2 Å². The minimum Gasteiger partial charge on any atom is -0.507 e. The molecule has 0 saturated heterocycles. The van der Waals surface area contributed by atoms with Gasteiger partial charge in [0.25, 0.3) is 0 Å². The summed E-state index contributed by atoms with van der Waals surface area (Å²) >= 11 is 0. The highest BCUT2D eigenvalue weighted by Gasteiger charge is 2.34. The van der Waals surface area contributed by atoms with Crippen LogP contribution in [0, 0.1) is 32.5 Å². The average molecular weight is 1130 g/mol. The Kier molecular flexibility index (Phi) is 20.6. The number of phenolic OH excluding ortho intramolecular Hbond substituents is 3. The largest absolute Gasteiger partial charge is 0.507 e. The summed E-state index contributed by atoms with van der Waals surface area (Å²) in [6.45, 7) is 45.5. The molecule has 0 spiro atoms. The Bertz CT molecular complexity index is 2660. The van der Waals surface area contributed by atoms with Crippen LogP contribution in [-0.2, 0) is 67.1 Å². The number of hydrogen-bond acceptors (Lipinski definition) is 12. The highest BCUT2D eigenvalue weighted by atomic mass is 16.6. The monoisotopic (exact) mass is 1130 g/mol. The van der Waals surface area contributed by atoms with Crippen LogP contribution in [0.3, 0.4) is 0 Å². The van der Waals surface area contributed by atoms with Crippen molar-refractivity contribution in [3.63, 3.8) is 0 Å². The Morgan fingerprint density at radius 2 is 0.494 bits per heavy atom. The third-order valence-electron chi connectivity index (χ3n) is 13.9. The highest BCUT2D eigenvalue weighted by Crippen LogP contribution is 2.40. The van der Waals surface area contributed by atoms with Gasteiger partial charge in [-0.25, -0.2) is 28.1 Å². The molecule has 0 aliphatic rings. The third kappa shape index (κ3) is 18.4. The average Bonchev–Trinajstić information content (AvgIpc) is 3.26. The van der Waals surface area contributed by atoms with Crippen LogP contribution >= 0.6 is 0 Å². The normalized spacial score (nSPS) is 15.1. The van der Waals surface area contributed by atoms with Crippen LogP contribution < -0.4 is 17.1 Å². The summed E-state index contributed by atoms with van der Waals surface area (Å²) in [5, 5.41) is 34.4. The van der Waals surface area contributed by atoms with Gasteiger partial charge in [0.2, 0.25) is 0 Å². The Morgan fingerprint density at radius 1 is 0.346 bits per heavy atom. The van der Waals surface area contributed by atoms with E-state index in [1.165, 1.54) is 20.8 Å². The first-order chi connectivity index (χ1) is 36.6. The van der Waals surface area contributed by atoms with Gasteiger partial charge in [-0.15, -0.1) is 0 Å². The van der Waals surface area contributed by atoms with Crippen LogP contribution in [-0.4, -0.2) is 46.9 Å². The van der Waals surface area contributed by atoms with Crippen molar-refractivity contribution in [1.29, 1.82) is 0 Å². The van der Waals surface area contributed by atoms with Gasteiger partial charge in [-0.3, -0.25) is 14.4 Å². The first-order valence-corrected chi connectivity index (χ1v) is 28.7. The van der Waals surface area contributed by atoms with E-state index in [-0.39, 0.29) is 49.7 Å². The topological polar surface area (TPSA) is 206 Å². The van der Waals surface area contributed by atoms with Gasteiger partial charge in [-0.1, -0.05) is 161 Å². The van der Waals surface area contributed by atoms with Gasteiger partial charge in [0.1, 0.15) is 17.2 Å². The van der Waals surface area contributed by atoms with Crippen molar-refractivity contribution < 1.29 is 43.9 Å². The van der Waals surface area contributed by atoms with Gasteiger partial charge in [-0.05, 0) is 163 Å². The standard InChI is InChI=1S/C66H99N3O12/c1-37(43-25-46(31-61(7,8)9)52(70)47(26-43)32-62(10,11)12)55(73)79-40(4)67-58(76)68(41(5)80-56(74)38(2)44-27-48(33-63(13,14)15)53(71)49(28-44)34-64(16,17)18)60(78)69(59(67)77)42(6)81-57(75)39(3)45-29-50(35-65(19,20)21)54(72)51(30-45)36-66(22,23)24/h25-30,37-42,70-72H,31-36H2,1-24H3. The summed E-state index contributed by atoms with van der Waals surface area (Å²) in [4.78, 5) is 87.6. The summed E-state index contributed by atoms with van der Waals surface area (Å²) in [6.07, 6.45) is -2.05. The van der Waals surface area contributed by atoms with E-state index in [2.05, 4.69) is 0 Å². The van der Waals surface area contributed by atoms with E-state index >= 15 is 0 Å². The van der Waals surface area contributed by atoms with Gasteiger partial charge < -0.3 is 29.5 Å². The first-order valence-electron chi connectivity index (χ1n) is 28.7. The van der Waals surface area contributed by atoms with Crippen molar-refractivity contribution in [2.75, 3.05) is 0 Å². The Balaban J connectivity index is 1.89. The number of aromatic hydroxyl groups is 3. The lowest BCUT2D eigenvalue weighted by molar-refractivity contribution is -0.156. The van der Waals surface area contributed by atoms with Crippen molar-refractivity contribution in [1.82, 2.24) is 13.7 Å². The molecule has 15 nitrogen and oxygen atoms in total. The molecule has 81 heavy (non-hydrogen) atoms. The Hall–Kier alpha value is -6.12. The molecule has 0 saturated carbocycles. The van der Waals surface area contributed by atoms with Crippen molar-refractivity contribution in [3.8, 4) is 17.2 Å². The van der Waals surface area contributed by atoms with Crippen LogP contribution in [0.25, 0.3) is 0 Å². The lowest BCUT2D eigenvalue weighted by Gasteiger charge is -2.27. The quantitative estimate of drug-likeness (QED) is 0.0629. The summed E-state index contributed by atoms with van der Waals surface area (Å²) in [5.41, 5.74) is 0.347. The van der Waals surface area contributed by atoms with Crippen molar-refractivity contribution in [3.05, 3.63) is 118 Å². The smallest absolute Gasteiger partial charge is 0.342 e. The fraction of sp³-hybridized carbons (Fsp3) is 0.636. The number of carbonyl (C=O) groups is 3. The molecule has 0 aliphatic heterocycles. The number of esters is 3. The van der Waals surface area contributed by atoms with E-state index in [0.717, 1.165) is 0 Å². The van der Waals surface area contributed by atoms with E-state index in [0.29, 0.717) is 102 Å². The number of hydrogen-bond donors (Lipinski definition) is 3. The summed E-state index contributed by atoms with van der Waals surface area (Å²) < 4.78 is 19.6. The maximum atomic E-state index is 14.8. The van der Waals surface area contributed by atoms with E-state index in [1.807, 2.05) is 125 Å². The Morgan fingerprint density at radius 3 is 0.630 bits per heavy atom.